The lowest BCUT2D eigenvalue weighted by Crippen LogP contribution is -2.36. The number of hydrogen-bond acceptors (Lipinski definition) is 3. The van der Waals surface area contributed by atoms with Crippen LogP contribution >= 0.6 is 0 Å². The van der Waals surface area contributed by atoms with Crippen molar-refractivity contribution in [1.29, 1.82) is 0 Å². The first-order valence-electron chi connectivity index (χ1n) is 6.77. The molecule has 4 nitrogen and oxygen atoms in total. The predicted octanol–water partition coefficient (Wildman–Crippen LogP) is 1.87. The van der Waals surface area contributed by atoms with Crippen LogP contribution in [-0.4, -0.2) is 25.7 Å². The quantitative estimate of drug-likeness (QED) is 0.704. The molecule has 19 heavy (non-hydrogen) atoms. The first-order valence-corrected chi connectivity index (χ1v) is 6.77. The summed E-state index contributed by atoms with van der Waals surface area (Å²) < 4.78 is 5.42. The van der Waals surface area contributed by atoms with Crippen LogP contribution in [0.15, 0.2) is 30.3 Å². The fourth-order valence-electron chi connectivity index (χ4n) is 1.59. The molecule has 0 aromatic heterocycles. The van der Waals surface area contributed by atoms with Gasteiger partial charge in [0.15, 0.2) is 0 Å². The fourth-order valence-corrected chi connectivity index (χ4v) is 1.59. The largest absolute Gasteiger partial charge is 0.380 e. The van der Waals surface area contributed by atoms with E-state index in [1.807, 2.05) is 30.3 Å². The van der Waals surface area contributed by atoms with Gasteiger partial charge in [0, 0.05) is 13.2 Å². The van der Waals surface area contributed by atoms with Crippen LogP contribution in [0, 0.1) is 5.92 Å². The maximum Gasteiger partial charge on any atom is 0.241 e. The summed E-state index contributed by atoms with van der Waals surface area (Å²) in [6.45, 7) is 6.07. The Morgan fingerprint density at radius 3 is 2.58 bits per heavy atom. The molecule has 1 aromatic carbocycles. The van der Waals surface area contributed by atoms with E-state index in [0.717, 1.165) is 18.6 Å². The van der Waals surface area contributed by atoms with Crippen LogP contribution in [0.2, 0.25) is 0 Å². The molecular formula is C15H24N2O2. The van der Waals surface area contributed by atoms with E-state index in [-0.39, 0.29) is 5.91 Å². The number of ether oxygens (including phenoxy) is 1. The summed E-state index contributed by atoms with van der Waals surface area (Å²) in [5.74, 6) is 0.472. The smallest absolute Gasteiger partial charge is 0.241 e. The molecule has 0 aliphatic carbocycles. The van der Waals surface area contributed by atoms with Gasteiger partial charge in [-0.3, -0.25) is 4.79 Å². The molecule has 1 unspecified atom stereocenters. The van der Waals surface area contributed by atoms with Gasteiger partial charge >= 0.3 is 0 Å². The van der Waals surface area contributed by atoms with Crippen LogP contribution in [0.4, 0.5) is 0 Å². The molecule has 4 heteroatoms. The molecule has 0 spiro atoms. The third-order valence-electron chi connectivity index (χ3n) is 2.83. The van der Waals surface area contributed by atoms with Crippen molar-refractivity contribution in [3.05, 3.63) is 35.9 Å². The lowest BCUT2D eigenvalue weighted by molar-refractivity contribution is -0.122. The molecule has 0 heterocycles. The normalized spacial score (nSPS) is 12.4. The molecule has 0 saturated carbocycles. The number of nitrogens with two attached hydrogens (primary N) is 1. The van der Waals surface area contributed by atoms with Crippen molar-refractivity contribution < 1.29 is 9.53 Å². The fraction of sp³-hybridized carbons (Fsp3) is 0.533. The summed E-state index contributed by atoms with van der Waals surface area (Å²) in [5.41, 5.74) is 6.69. The van der Waals surface area contributed by atoms with Gasteiger partial charge in [-0.05, 0) is 17.9 Å². The Balaban J connectivity index is 2.17. The molecule has 0 aliphatic heterocycles. The number of amides is 1. The van der Waals surface area contributed by atoms with E-state index in [1.165, 1.54) is 0 Å². The van der Waals surface area contributed by atoms with Gasteiger partial charge in [0.2, 0.25) is 5.91 Å². The lowest BCUT2D eigenvalue weighted by Gasteiger charge is -2.12. The van der Waals surface area contributed by atoms with E-state index >= 15 is 0 Å². The van der Waals surface area contributed by atoms with Crippen LogP contribution in [0.1, 0.15) is 31.9 Å². The summed E-state index contributed by atoms with van der Waals surface area (Å²) in [4.78, 5) is 11.8. The van der Waals surface area contributed by atoms with Crippen LogP contribution in [0.3, 0.4) is 0 Å². The first kappa shape index (κ1) is 15.7. The van der Waals surface area contributed by atoms with Gasteiger partial charge in [-0.15, -0.1) is 0 Å². The van der Waals surface area contributed by atoms with Crippen molar-refractivity contribution in [3.63, 3.8) is 0 Å². The van der Waals surface area contributed by atoms with Crippen molar-refractivity contribution in [3.8, 4) is 0 Å². The molecule has 1 rings (SSSR count). The summed E-state index contributed by atoms with van der Waals surface area (Å²) in [5, 5.41) is 2.78. The number of carbonyl (C=O) groups excluding carboxylic acids is 1. The van der Waals surface area contributed by atoms with E-state index in [2.05, 4.69) is 19.2 Å². The highest BCUT2D eigenvalue weighted by molar-refractivity contribution is 5.82. The van der Waals surface area contributed by atoms with Crippen LogP contribution in [0.5, 0.6) is 0 Å². The number of hydrogen-bond donors (Lipinski definition) is 2. The van der Waals surface area contributed by atoms with E-state index in [0.29, 0.717) is 19.1 Å². The van der Waals surface area contributed by atoms with Gasteiger partial charge < -0.3 is 15.8 Å². The van der Waals surface area contributed by atoms with Crippen LogP contribution < -0.4 is 11.1 Å². The van der Waals surface area contributed by atoms with Gasteiger partial charge in [0.25, 0.3) is 0 Å². The van der Waals surface area contributed by atoms with Gasteiger partial charge in [0.1, 0.15) is 6.04 Å². The third-order valence-corrected chi connectivity index (χ3v) is 2.83. The zero-order chi connectivity index (χ0) is 14.1. The van der Waals surface area contributed by atoms with Crippen molar-refractivity contribution >= 4 is 5.91 Å². The van der Waals surface area contributed by atoms with Crippen LogP contribution in [-0.2, 0) is 9.53 Å². The molecule has 3 N–H and O–H groups in total. The van der Waals surface area contributed by atoms with E-state index in [9.17, 15) is 4.79 Å². The summed E-state index contributed by atoms with van der Waals surface area (Å²) >= 11 is 0. The standard InChI is InChI=1S/C15H24N2O2/c1-12(2)8-10-19-11-9-17-15(18)14(16)13-6-4-3-5-7-13/h3-7,12,14H,8-11,16H2,1-2H3,(H,17,18). The highest BCUT2D eigenvalue weighted by Crippen LogP contribution is 2.08. The monoisotopic (exact) mass is 264 g/mol. The van der Waals surface area contributed by atoms with E-state index < -0.39 is 6.04 Å². The molecule has 1 atom stereocenters. The molecule has 1 amide bonds. The molecule has 0 aliphatic rings. The molecule has 0 saturated heterocycles. The average molecular weight is 264 g/mol. The second-order valence-corrected chi connectivity index (χ2v) is 4.97. The first-order chi connectivity index (χ1) is 9.11. The maximum atomic E-state index is 11.8. The Labute approximate surface area is 115 Å². The van der Waals surface area contributed by atoms with Crippen molar-refractivity contribution in [1.82, 2.24) is 5.32 Å². The minimum atomic E-state index is -0.614. The number of nitrogens with one attached hydrogen (secondary N) is 1. The minimum Gasteiger partial charge on any atom is -0.380 e. The lowest BCUT2D eigenvalue weighted by atomic mass is 10.1. The second-order valence-electron chi connectivity index (χ2n) is 4.97. The van der Waals surface area contributed by atoms with Crippen molar-refractivity contribution in [2.24, 2.45) is 11.7 Å². The Kier molecular flexibility index (Phi) is 7.15. The van der Waals surface area contributed by atoms with E-state index in [4.69, 9.17) is 10.5 Å². The van der Waals surface area contributed by atoms with Crippen molar-refractivity contribution in [2.75, 3.05) is 19.8 Å². The number of benzene rings is 1. The minimum absolute atomic E-state index is 0.168. The summed E-state index contributed by atoms with van der Waals surface area (Å²) in [6.07, 6.45) is 1.04. The molecule has 0 radical (unpaired) electrons. The molecule has 0 bridgehead atoms. The Morgan fingerprint density at radius 1 is 1.26 bits per heavy atom. The Bertz CT molecular complexity index is 366. The van der Waals surface area contributed by atoms with Gasteiger partial charge in [-0.2, -0.15) is 0 Å². The highest BCUT2D eigenvalue weighted by Gasteiger charge is 2.14. The number of rotatable bonds is 8. The molecule has 106 valence electrons. The molecular weight excluding hydrogens is 240 g/mol. The topological polar surface area (TPSA) is 64.3 Å². The zero-order valence-corrected chi connectivity index (χ0v) is 11.8. The summed E-state index contributed by atoms with van der Waals surface area (Å²) in [6, 6.07) is 8.73. The molecule has 1 aromatic rings. The second kappa shape index (κ2) is 8.67. The highest BCUT2D eigenvalue weighted by atomic mass is 16.5. The van der Waals surface area contributed by atoms with Gasteiger partial charge in [-0.1, -0.05) is 44.2 Å². The van der Waals surface area contributed by atoms with Gasteiger partial charge in [-0.25, -0.2) is 0 Å². The maximum absolute atomic E-state index is 11.8. The Hall–Kier alpha value is -1.39. The SMILES string of the molecule is CC(C)CCOCCNC(=O)C(N)c1ccccc1. The predicted molar refractivity (Wildman–Crippen MR) is 76.7 cm³/mol. The molecule has 0 fully saturated rings. The average Bonchev–Trinajstić information content (AvgIpc) is 2.42. The summed E-state index contributed by atoms with van der Waals surface area (Å²) in [7, 11) is 0. The Morgan fingerprint density at radius 2 is 1.95 bits per heavy atom. The third kappa shape index (κ3) is 6.36. The van der Waals surface area contributed by atoms with Crippen molar-refractivity contribution in [2.45, 2.75) is 26.3 Å². The van der Waals surface area contributed by atoms with Crippen LogP contribution in [0.25, 0.3) is 0 Å². The van der Waals surface area contributed by atoms with E-state index in [1.54, 1.807) is 0 Å². The van der Waals surface area contributed by atoms with Gasteiger partial charge in [0.05, 0.1) is 6.61 Å². The number of carbonyl (C=O) groups is 1. The zero-order valence-electron chi connectivity index (χ0n) is 11.8.